The summed E-state index contributed by atoms with van der Waals surface area (Å²) < 4.78 is 83.4. The molecule has 35 heavy (non-hydrogen) atoms. The Morgan fingerprint density at radius 1 is 1.03 bits per heavy atom. The van der Waals surface area contributed by atoms with Gasteiger partial charge in [-0.05, 0) is 55.2 Å². The van der Waals surface area contributed by atoms with Gasteiger partial charge in [0.2, 0.25) is 5.88 Å². The minimum Gasteiger partial charge on any atom is -0.468 e. The first-order valence-corrected chi connectivity index (χ1v) is 11.3. The lowest BCUT2D eigenvalue weighted by atomic mass is 9.82. The molecule has 188 valence electrons. The van der Waals surface area contributed by atoms with E-state index in [1.165, 1.54) is 16.8 Å². The number of hydrogen-bond acceptors (Lipinski definition) is 5. The zero-order valence-corrected chi connectivity index (χ0v) is 18.8. The average molecular weight is 499 g/mol. The van der Waals surface area contributed by atoms with Crippen LogP contribution in [0.15, 0.2) is 30.5 Å². The maximum absolute atomic E-state index is 13.1. The molecule has 1 aliphatic heterocycles. The molecule has 0 amide bonds. The van der Waals surface area contributed by atoms with Crippen molar-refractivity contribution in [3.63, 3.8) is 0 Å². The summed E-state index contributed by atoms with van der Waals surface area (Å²) in [5.41, 5.74) is 0.813. The molecular formula is C23H23F6N5O. The van der Waals surface area contributed by atoms with Crippen molar-refractivity contribution in [2.45, 2.75) is 38.5 Å². The lowest BCUT2D eigenvalue weighted by Crippen LogP contribution is -2.43. The second kappa shape index (κ2) is 8.56. The Morgan fingerprint density at radius 3 is 2.40 bits per heavy atom. The van der Waals surface area contributed by atoms with Gasteiger partial charge in [0.25, 0.3) is 0 Å². The molecule has 2 aliphatic rings. The number of alkyl halides is 6. The maximum atomic E-state index is 13.1. The minimum atomic E-state index is -4.50. The number of aryl methyl sites for hydroxylation is 1. The van der Waals surface area contributed by atoms with Gasteiger partial charge in [-0.1, -0.05) is 6.07 Å². The summed E-state index contributed by atoms with van der Waals surface area (Å²) in [5, 5.41) is 4.45. The zero-order valence-electron chi connectivity index (χ0n) is 18.8. The molecule has 1 unspecified atom stereocenters. The van der Waals surface area contributed by atoms with Gasteiger partial charge in [0.1, 0.15) is 5.69 Å². The van der Waals surface area contributed by atoms with Crippen molar-refractivity contribution in [3.05, 3.63) is 47.5 Å². The topological polar surface area (TPSA) is 55.6 Å². The Bertz CT molecular complexity index is 1210. The van der Waals surface area contributed by atoms with E-state index in [0.717, 1.165) is 24.5 Å². The van der Waals surface area contributed by atoms with Crippen LogP contribution in [0.2, 0.25) is 0 Å². The quantitative estimate of drug-likeness (QED) is 0.458. The van der Waals surface area contributed by atoms with Crippen LogP contribution in [0.4, 0.5) is 32.0 Å². The monoisotopic (exact) mass is 499 g/mol. The lowest BCUT2D eigenvalue weighted by molar-refractivity contribution is -0.154. The standard InChI is InChI=1S/C23H23F6N5O/c1-13-2-5-20(35-12-22(24,25)26)34-21(13)31-19(32-34)9-17-14-3-4-15(17)11-33(10-14)16-6-7-30-18(8-16)23(27,28)29/h2,5-8,14-15,17H,3-4,9-12H2,1H3/t14-,15+,17?. The molecular weight excluding hydrogens is 476 g/mol. The lowest BCUT2D eigenvalue weighted by Gasteiger charge is -2.39. The number of fused-ring (bicyclic) bond motifs is 3. The molecule has 3 aromatic heterocycles. The molecule has 6 nitrogen and oxygen atoms in total. The Balaban J connectivity index is 1.33. The van der Waals surface area contributed by atoms with Crippen molar-refractivity contribution in [1.29, 1.82) is 0 Å². The predicted molar refractivity (Wildman–Crippen MR) is 114 cm³/mol. The minimum absolute atomic E-state index is 0.0300. The van der Waals surface area contributed by atoms with Gasteiger partial charge in [-0.2, -0.15) is 30.9 Å². The molecule has 0 N–H and O–H groups in total. The highest BCUT2D eigenvalue weighted by atomic mass is 19.4. The second-order valence-electron chi connectivity index (χ2n) is 9.29. The molecule has 0 spiro atoms. The number of piperidine rings is 1. The highest BCUT2D eigenvalue weighted by molar-refractivity contribution is 5.50. The molecule has 5 rings (SSSR count). The van der Waals surface area contributed by atoms with Crippen LogP contribution in [-0.2, 0) is 12.6 Å². The van der Waals surface area contributed by atoms with E-state index in [4.69, 9.17) is 4.74 Å². The summed E-state index contributed by atoms with van der Waals surface area (Å²) in [6.07, 6.45) is -5.32. The number of anilines is 1. The van der Waals surface area contributed by atoms with E-state index in [0.29, 0.717) is 36.7 Å². The van der Waals surface area contributed by atoms with Crippen LogP contribution >= 0.6 is 0 Å². The van der Waals surface area contributed by atoms with Crippen molar-refractivity contribution in [1.82, 2.24) is 19.6 Å². The predicted octanol–water partition coefficient (Wildman–Crippen LogP) is 5.10. The molecule has 2 bridgehead atoms. The number of hydrogen-bond donors (Lipinski definition) is 0. The third-order valence-electron chi connectivity index (χ3n) is 6.92. The molecule has 3 aromatic rings. The van der Waals surface area contributed by atoms with Crippen LogP contribution in [0.25, 0.3) is 5.65 Å². The van der Waals surface area contributed by atoms with Crippen LogP contribution in [0.5, 0.6) is 5.88 Å². The summed E-state index contributed by atoms with van der Waals surface area (Å²) in [6.45, 7) is 1.62. The van der Waals surface area contributed by atoms with Crippen molar-refractivity contribution < 1.29 is 31.1 Å². The molecule has 0 aromatic carbocycles. The van der Waals surface area contributed by atoms with Crippen LogP contribution in [-0.4, -0.2) is 45.5 Å². The fraction of sp³-hybridized carbons (Fsp3) is 0.522. The van der Waals surface area contributed by atoms with E-state index in [2.05, 4.69) is 15.1 Å². The van der Waals surface area contributed by atoms with Gasteiger partial charge in [-0.25, -0.2) is 4.98 Å². The number of ether oxygens (including phenoxy) is 1. The summed E-state index contributed by atoms with van der Waals surface area (Å²) in [4.78, 5) is 10.0. The molecule has 2 fully saturated rings. The van der Waals surface area contributed by atoms with Crippen LogP contribution in [0.1, 0.15) is 29.9 Å². The fourth-order valence-electron chi connectivity index (χ4n) is 5.32. The zero-order chi connectivity index (χ0) is 25.0. The van der Waals surface area contributed by atoms with E-state index < -0.39 is 24.7 Å². The highest BCUT2D eigenvalue weighted by Gasteiger charge is 2.43. The molecule has 3 atom stereocenters. The third-order valence-corrected chi connectivity index (χ3v) is 6.92. The molecule has 4 heterocycles. The van der Waals surface area contributed by atoms with Crippen LogP contribution < -0.4 is 9.64 Å². The molecule has 12 heteroatoms. The Morgan fingerprint density at radius 2 is 1.74 bits per heavy atom. The van der Waals surface area contributed by atoms with Gasteiger partial charge in [0, 0.05) is 37.5 Å². The van der Waals surface area contributed by atoms with Crippen molar-refractivity contribution >= 4 is 11.3 Å². The first kappa shape index (κ1) is 23.7. The first-order chi connectivity index (χ1) is 16.5. The number of nitrogens with zero attached hydrogens (tertiary/aromatic N) is 5. The van der Waals surface area contributed by atoms with Gasteiger partial charge in [0.05, 0.1) is 0 Å². The molecule has 1 saturated heterocycles. The maximum Gasteiger partial charge on any atom is 0.433 e. The number of rotatable bonds is 5. The van der Waals surface area contributed by atoms with Gasteiger partial charge in [-0.3, -0.25) is 4.98 Å². The van der Waals surface area contributed by atoms with Crippen molar-refractivity contribution in [3.8, 4) is 5.88 Å². The molecule has 1 saturated carbocycles. The largest absolute Gasteiger partial charge is 0.468 e. The van der Waals surface area contributed by atoms with Crippen LogP contribution in [0.3, 0.4) is 0 Å². The molecule has 1 aliphatic carbocycles. The summed E-state index contributed by atoms with van der Waals surface area (Å²) in [7, 11) is 0. The first-order valence-electron chi connectivity index (χ1n) is 11.3. The summed E-state index contributed by atoms with van der Waals surface area (Å²) in [6, 6.07) is 5.78. The Kier molecular flexibility index (Phi) is 5.79. The molecule has 0 radical (unpaired) electrons. The number of halogens is 6. The van der Waals surface area contributed by atoms with Crippen LogP contribution in [0, 0.1) is 24.7 Å². The summed E-state index contributed by atoms with van der Waals surface area (Å²) >= 11 is 0. The van der Waals surface area contributed by atoms with E-state index in [1.54, 1.807) is 19.1 Å². The average Bonchev–Trinajstić information content (AvgIpc) is 3.30. The third kappa shape index (κ3) is 4.87. The second-order valence-corrected chi connectivity index (χ2v) is 9.29. The Labute approximate surface area is 196 Å². The van der Waals surface area contributed by atoms with Gasteiger partial charge >= 0.3 is 12.4 Å². The number of pyridine rings is 2. The fourth-order valence-corrected chi connectivity index (χ4v) is 5.32. The van der Waals surface area contributed by atoms with Crippen molar-refractivity contribution in [2.24, 2.45) is 17.8 Å². The van der Waals surface area contributed by atoms with E-state index in [-0.39, 0.29) is 23.6 Å². The van der Waals surface area contributed by atoms with Gasteiger partial charge in [-0.15, -0.1) is 5.10 Å². The normalized spacial score (nSPS) is 22.7. The van der Waals surface area contributed by atoms with Gasteiger partial charge < -0.3 is 9.64 Å². The number of aromatic nitrogens is 4. The van der Waals surface area contributed by atoms with E-state index in [9.17, 15) is 26.3 Å². The highest BCUT2D eigenvalue weighted by Crippen LogP contribution is 2.45. The SMILES string of the molecule is Cc1ccc(OCC(F)(F)F)n2nc(CC3[C@@H]4CC[C@H]3CN(c3ccnc(C(F)(F)F)c3)C4)nc12. The smallest absolute Gasteiger partial charge is 0.433 e. The van der Waals surface area contributed by atoms with Gasteiger partial charge in [0.15, 0.2) is 18.1 Å². The van der Waals surface area contributed by atoms with E-state index >= 15 is 0 Å². The Hall–Kier alpha value is -3.05. The van der Waals surface area contributed by atoms with E-state index in [1.807, 2.05) is 4.90 Å². The summed E-state index contributed by atoms with van der Waals surface area (Å²) in [5.74, 6) is 1.25. The van der Waals surface area contributed by atoms with Crippen molar-refractivity contribution in [2.75, 3.05) is 24.6 Å².